The number of nitrogens with one attached hydrogen (secondary N) is 2. The largest absolute Gasteiger partial charge is 0.444 e. The Labute approximate surface area is 166 Å². The van der Waals surface area contributed by atoms with Crippen molar-refractivity contribution in [3.63, 3.8) is 0 Å². The molecule has 156 valence electrons. The van der Waals surface area contributed by atoms with Crippen LogP contribution in [0.3, 0.4) is 0 Å². The molecule has 1 aromatic rings. The van der Waals surface area contributed by atoms with E-state index in [0.29, 0.717) is 6.42 Å². The van der Waals surface area contributed by atoms with E-state index in [9.17, 15) is 14.4 Å². The second-order valence-corrected chi connectivity index (χ2v) is 7.91. The summed E-state index contributed by atoms with van der Waals surface area (Å²) in [6, 6.07) is 8.37. The van der Waals surface area contributed by atoms with Crippen LogP contribution in [0.25, 0.3) is 0 Å². The van der Waals surface area contributed by atoms with Crippen molar-refractivity contribution in [1.29, 1.82) is 0 Å². The summed E-state index contributed by atoms with van der Waals surface area (Å²) in [5, 5.41) is 0. The monoisotopic (exact) mass is 393 g/mol. The molecule has 2 N–H and O–H groups in total. The fourth-order valence-electron chi connectivity index (χ4n) is 2.30. The van der Waals surface area contributed by atoms with Crippen molar-refractivity contribution in [2.45, 2.75) is 59.3 Å². The van der Waals surface area contributed by atoms with E-state index < -0.39 is 29.7 Å². The third-order valence-corrected chi connectivity index (χ3v) is 3.65. The number of hydrogen-bond acceptors (Lipinski definition) is 5. The van der Waals surface area contributed by atoms with Gasteiger partial charge in [0.05, 0.1) is 0 Å². The van der Waals surface area contributed by atoms with Gasteiger partial charge in [0.1, 0.15) is 18.2 Å². The van der Waals surface area contributed by atoms with E-state index in [4.69, 9.17) is 9.47 Å². The average Bonchev–Trinajstić information content (AvgIpc) is 2.61. The predicted molar refractivity (Wildman–Crippen MR) is 105 cm³/mol. The van der Waals surface area contributed by atoms with Crippen molar-refractivity contribution in [3.05, 3.63) is 35.9 Å². The Kier molecular flexibility index (Phi) is 8.76. The molecule has 8 heteroatoms. The first-order valence-corrected chi connectivity index (χ1v) is 9.22. The van der Waals surface area contributed by atoms with Gasteiger partial charge in [0.25, 0.3) is 5.91 Å². The van der Waals surface area contributed by atoms with Crippen molar-refractivity contribution < 1.29 is 23.9 Å². The number of rotatable bonds is 6. The number of carbonyl (C=O) groups excluding carboxylic acids is 3. The van der Waals surface area contributed by atoms with Crippen LogP contribution in [-0.4, -0.2) is 41.7 Å². The van der Waals surface area contributed by atoms with Crippen LogP contribution in [0, 0.1) is 5.92 Å². The second-order valence-electron chi connectivity index (χ2n) is 7.91. The highest BCUT2D eigenvalue weighted by Crippen LogP contribution is 2.15. The third kappa shape index (κ3) is 8.75. The fourth-order valence-corrected chi connectivity index (χ4v) is 2.30. The molecule has 8 nitrogen and oxygen atoms in total. The SMILES string of the molecule is CC(C)CC(C(=O)NNC(=O)OCc1ccccc1)N(C)C(=O)OC(C)(C)C. The molecule has 0 spiro atoms. The molecule has 1 atom stereocenters. The number of hydrazine groups is 1. The third-order valence-electron chi connectivity index (χ3n) is 3.65. The van der Waals surface area contributed by atoms with Crippen LogP contribution in [0.4, 0.5) is 9.59 Å². The molecule has 1 aromatic carbocycles. The zero-order valence-electron chi connectivity index (χ0n) is 17.4. The molecule has 0 aromatic heterocycles. The number of benzene rings is 1. The first-order valence-electron chi connectivity index (χ1n) is 9.22. The number of likely N-dealkylation sites (N-methyl/N-ethyl adjacent to an activating group) is 1. The molecule has 0 heterocycles. The lowest BCUT2D eigenvalue weighted by molar-refractivity contribution is -0.127. The molecule has 0 aliphatic rings. The average molecular weight is 393 g/mol. The standard InChI is InChI=1S/C20H31N3O5/c1-14(2)12-16(23(6)19(26)28-20(3,4)5)17(24)21-22-18(25)27-13-15-10-8-7-9-11-15/h7-11,14,16H,12-13H2,1-6H3,(H,21,24)(H,22,25). The highest BCUT2D eigenvalue weighted by Gasteiger charge is 2.31. The van der Waals surface area contributed by atoms with E-state index in [-0.39, 0.29) is 12.5 Å². The summed E-state index contributed by atoms with van der Waals surface area (Å²) in [5.74, 6) is -0.385. The van der Waals surface area contributed by atoms with E-state index in [1.807, 2.05) is 44.2 Å². The van der Waals surface area contributed by atoms with Crippen molar-refractivity contribution in [2.24, 2.45) is 5.92 Å². The minimum absolute atomic E-state index is 0.0791. The van der Waals surface area contributed by atoms with Gasteiger partial charge in [-0.2, -0.15) is 0 Å². The van der Waals surface area contributed by atoms with E-state index in [1.54, 1.807) is 20.8 Å². The normalized spacial score (nSPS) is 12.1. The number of carbonyl (C=O) groups is 3. The van der Waals surface area contributed by atoms with E-state index in [0.717, 1.165) is 5.56 Å². The zero-order valence-corrected chi connectivity index (χ0v) is 17.4. The van der Waals surface area contributed by atoms with Gasteiger partial charge in [-0.15, -0.1) is 0 Å². The number of hydrogen-bond donors (Lipinski definition) is 2. The van der Waals surface area contributed by atoms with Gasteiger partial charge in [-0.3, -0.25) is 15.1 Å². The second kappa shape index (κ2) is 10.5. The Balaban J connectivity index is 2.61. The summed E-state index contributed by atoms with van der Waals surface area (Å²) >= 11 is 0. The summed E-state index contributed by atoms with van der Waals surface area (Å²) in [4.78, 5) is 37.9. The van der Waals surface area contributed by atoms with Gasteiger partial charge in [0.2, 0.25) is 0 Å². The van der Waals surface area contributed by atoms with Gasteiger partial charge in [-0.05, 0) is 38.7 Å². The molecule has 1 unspecified atom stereocenters. The highest BCUT2D eigenvalue weighted by atomic mass is 16.6. The molecule has 28 heavy (non-hydrogen) atoms. The van der Waals surface area contributed by atoms with Gasteiger partial charge in [0.15, 0.2) is 0 Å². The van der Waals surface area contributed by atoms with Gasteiger partial charge in [-0.25, -0.2) is 15.0 Å². The number of ether oxygens (including phenoxy) is 2. The Morgan fingerprint density at radius 2 is 1.68 bits per heavy atom. The zero-order chi connectivity index (χ0) is 21.3. The molecule has 0 aliphatic carbocycles. The van der Waals surface area contributed by atoms with Crippen LogP contribution >= 0.6 is 0 Å². The summed E-state index contributed by atoms with van der Waals surface area (Å²) in [6.07, 6.45) is -0.997. The predicted octanol–water partition coefficient (Wildman–Crippen LogP) is 3.23. The Morgan fingerprint density at radius 3 is 2.21 bits per heavy atom. The summed E-state index contributed by atoms with van der Waals surface area (Å²) in [6.45, 7) is 9.20. The highest BCUT2D eigenvalue weighted by molar-refractivity contribution is 5.86. The maximum atomic E-state index is 12.5. The van der Waals surface area contributed by atoms with Gasteiger partial charge < -0.3 is 9.47 Å². The van der Waals surface area contributed by atoms with Crippen LogP contribution in [0.1, 0.15) is 46.6 Å². The number of nitrogens with zero attached hydrogens (tertiary/aromatic N) is 1. The van der Waals surface area contributed by atoms with Gasteiger partial charge >= 0.3 is 12.2 Å². The van der Waals surface area contributed by atoms with Crippen LogP contribution in [-0.2, 0) is 20.9 Å². The first-order chi connectivity index (χ1) is 13.0. The molecule has 0 saturated carbocycles. The summed E-state index contributed by atoms with van der Waals surface area (Å²) in [5.41, 5.74) is 4.67. The van der Waals surface area contributed by atoms with Crippen LogP contribution in [0.5, 0.6) is 0 Å². The van der Waals surface area contributed by atoms with Crippen LogP contribution in [0.2, 0.25) is 0 Å². The van der Waals surface area contributed by atoms with Crippen molar-refractivity contribution in [3.8, 4) is 0 Å². The first kappa shape index (κ1) is 23.3. The lowest BCUT2D eigenvalue weighted by Gasteiger charge is -2.30. The van der Waals surface area contributed by atoms with Crippen molar-refractivity contribution in [1.82, 2.24) is 15.8 Å². The molecular weight excluding hydrogens is 362 g/mol. The Morgan fingerprint density at radius 1 is 1.07 bits per heavy atom. The van der Waals surface area contributed by atoms with E-state index in [1.165, 1.54) is 11.9 Å². The molecule has 3 amide bonds. The minimum atomic E-state index is -0.802. The summed E-state index contributed by atoms with van der Waals surface area (Å²) in [7, 11) is 1.49. The lowest BCUT2D eigenvalue weighted by atomic mass is 10.0. The van der Waals surface area contributed by atoms with Crippen molar-refractivity contribution in [2.75, 3.05) is 7.05 Å². The lowest BCUT2D eigenvalue weighted by Crippen LogP contribution is -2.54. The molecule has 0 fully saturated rings. The fraction of sp³-hybridized carbons (Fsp3) is 0.550. The molecular formula is C20H31N3O5. The topological polar surface area (TPSA) is 97.0 Å². The molecule has 0 aliphatic heterocycles. The Hall–Kier alpha value is -2.77. The van der Waals surface area contributed by atoms with Crippen molar-refractivity contribution >= 4 is 18.1 Å². The molecule has 0 bridgehead atoms. The van der Waals surface area contributed by atoms with Crippen LogP contribution in [0.15, 0.2) is 30.3 Å². The van der Waals surface area contributed by atoms with E-state index in [2.05, 4.69) is 10.9 Å². The molecule has 0 saturated heterocycles. The smallest absolute Gasteiger partial charge is 0.426 e. The van der Waals surface area contributed by atoms with Gasteiger partial charge in [0, 0.05) is 7.05 Å². The molecule has 1 rings (SSSR count). The maximum Gasteiger partial charge on any atom is 0.426 e. The van der Waals surface area contributed by atoms with Crippen LogP contribution < -0.4 is 10.9 Å². The van der Waals surface area contributed by atoms with Gasteiger partial charge in [-0.1, -0.05) is 44.2 Å². The number of amides is 3. The molecule has 0 radical (unpaired) electrons. The van der Waals surface area contributed by atoms with E-state index >= 15 is 0 Å². The maximum absolute atomic E-state index is 12.5. The quantitative estimate of drug-likeness (QED) is 0.723. The summed E-state index contributed by atoms with van der Waals surface area (Å²) < 4.78 is 10.4. The Bertz CT molecular complexity index is 656. The minimum Gasteiger partial charge on any atom is -0.444 e.